The molecule has 1 aliphatic rings. The fourth-order valence-corrected chi connectivity index (χ4v) is 2.95. The second kappa shape index (κ2) is 8.03. The molecule has 1 fully saturated rings. The van der Waals surface area contributed by atoms with Crippen LogP contribution >= 0.6 is 11.6 Å². The topological polar surface area (TPSA) is 61.4 Å². The van der Waals surface area contributed by atoms with Crippen LogP contribution in [0.25, 0.3) is 0 Å². The lowest BCUT2D eigenvalue weighted by atomic mass is 10.2. The Bertz CT molecular complexity index is 738. The number of carbonyl (C=O) groups excluding carboxylic acids is 2. The van der Waals surface area contributed by atoms with E-state index >= 15 is 0 Å². The fraction of sp³-hybridized carbons (Fsp3) is 0.263. The first kappa shape index (κ1) is 17.3. The maximum atomic E-state index is 12.0. The predicted molar refractivity (Wildman–Crippen MR) is 101 cm³/mol. The van der Waals surface area contributed by atoms with Crippen molar-refractivity contribution >= 4 is 40.5 Å². The van der Waals surface area contributed by atoms with E-state index in [-0.39, 0.29) is 18.2 Å². The summed E-state index contributed by atoms with van der Waals surface area (Å²) in [6.07, 6.45) is 2.21. The minimum atomic E-state index is -0.367. The molecule has 6 heteroatoms. The summed E-state index contributed by atoms with van der Waals surface area (Å²) in [5.41, 5.74) is 2.46. The van der Waals surface area contributed by atoms with Crippen molar-refractivity contribution in [2.24, 2.45) is 0 Å². The largest absolute Gasteiger partial charge is 0.372 e. The van der Waals surface area contributed by atoms with Crippen molar-refractivity contribution in [1.29, 1.82) is 0 Å². The summed E-state index contributed by atoms with van der Waals surface area (Å²) in [6, 6.07) is 14.5. The molecule has 1 heterocycles. The Morgan fingerprint density at radius 3 is 1.84 bits per heavy atom. The molecule has 0 aromatic heterocycles. The molecular formula is C19H20ClN3O2. The van der Waals surface area contributed by atoms with Gasteiger partial charge in [0.15, 0.2) is 0 Å². The van der Waals surface area contributed by atoms with Gasteiger partial charge in [-0.2, -0.15) is 0 Å². The normalized spacial score (nSPS) is 13.6. The zero-order valence-electron chi connectivity index (χ0n) is 13.8. The Balaban J connectivity index is 1.49. The first-order chi connectivity index (χ1) is 12.1. The number of carbonyl (C=O) groups is 2. The minimum Gasteiger partial charge on any atom is -0.372 e. The van der Waals surface area contributed by atoms with Crippen molar-refractivity contribution in [3.63, 3.8) is 0 Å². The van der Waals surface area contributed by atoms with E-state index in [1.54, 1.807) is 24.3 Å². The maximum absolute atomic E-state index is 12.0. The van der Waals surface area contributed by atoms with E-state index in [1.165, 1.54) is 12.8 Å². The predicted octanol–water partition coefficient (Wildman–Crippen LogP) is 3.91. The van der Waals surface area contributed by atoms with Crippen molar-refractivity contribution in [2.45, 2.75) is 19.3 Å². The van der Waals surface area contributed by atoms with Gasteiger partial charge >= 0.3 is 0 Å². The average molecular weight is 358 g/mol. The molecule has 5 nitrogen and oxygen atoms in total. The molecule has 1 saturated heterocycles. The lowest BCUT2D eigenvalue weighted by molar-refractivity contribution is -0.123. The highest BCUT2D eigenvalue weighted by Crippen LogP contribution is 2.22. The summed E-state index contributed by atoms with van der Waals surface area (Å²) >= 11 is 5.80. The van der Waals surface area contributed by atoms with E-state index in [9.17, 15) is 9.59 Å². The Morgan fingerprint density at radius 1 is 0.840 bits per heavy atom. The Hall–Kier alpha value is -2.53. The molecule has 2 aromatic rings. The van der Waals surface area contributed by atoms with Gasteiger partial charge in [0.25, 0.3) is 0 Å². The molecule has 0 atom stereocenters. The van der Waals surface area contributed by atoms with Gasteiger partial charge in [-0.15, -0.1) is 0 Å². The molecule has 2 N–H and O–H groups in total. The number of benzene rings is 2. The van der Waals surface area contributed by atoms with Crippen molar-refractivity contribution in [3.8, 4) is 0 Å². The quantitative estimate of drug-likeness (QED) is 0.797. The van der Waals surface area contributed by atoms with Gasteiger partial charge in [0.1, 0.15) is 6.42 Å². The van der Waals surface area contributed by atoms with Crippen molar-refractivity contribution in [3.05, 3.63) is 53.6 Å². The van der Waals surface area contributed by atoms with Crippen LogP contribution in [0.3, 0.4) is 0 Å². The van der Waals surface area contributed by atoms with Crippen molar-refractivity contribution in [1.82, 2.24) is 0 Å². The molecular weight excluding hydrogens is 338 g/mol. The summed E-state index contributed by atoms with van der Waals surface area (Å²) in [5, 5.41) is 6.00. The number of nitrogens with one attached hydrogen (secondary N) is 2. The molecule has 0 spiro atoms. The summed E-state index contributed by atoms with van der Waals surface area (Å²) in [4.78, 5) is 26.2. The van der Waals surface area contributed by atoms with Crippen molar-refractivity contribution in [2.75, 3.05) is 28.6 Å². The van der Waals surface area contributed by atoms with Crippen LogP contribution in [0.1, 0.15) is 19.3 Å². The molecule has 0 saturated carbocycles. The monoisotopic (exact) mass is 357 g/mol. The van der Waals surface area contributed by atoms with Gasteiger partial charge in [0.2, 0.25) is 11.8 Å². The van der Waals surface area contributed by atoms with Crippen LogP contribution in [0.15, 0.2) is 48.5 Å². The van der Waals surface area contributed by atoms with E-state index in [4.69, 9.17) is 11.6 Å². The van der Waals surface area contributed by atoms with Gasteiger partial charge in [-0.25, -0.2) is 0 Å². The molecule has 0 radical (unpaired) electrons. The fourth-order valence-electron chi connectivity index (χ4n) is 2.82. The number of anilines is 3. The van der Waals surface area contributed by atoms with Gasteiger partial charge in [-0.3, -0.25) is 9.59 Å². The molecule has 3 rings (SSSR count). The van der Waals surface area contributed by atoms with E-state index < -0.39 is 0 Å². The molecule has 2 amide bonds. The van der Waals surface area contributed by atoms with Crippen molar-refractivity contribution < 1.29 is 9.59 Å². The number of amides is 2. The molecule has 0 aliphatic carbocycles. The highest BCUT2D eigenvalue weighted by molar-refractivity contribution is 6.30. The van der Waals surface area contributed by atoms with Crippen LogP contribution in [0.2, 0.25) is 5.02 Å². The number of nitrogens with zero attached hydrogens (tertiary/aromatic N) is 1. The second-order valence-electron chi connectivity index (χ2n) is 6.02. The Morgan fingerprint density at radius 2 is 1.32 bits per heavy atom. The Labute approximate surface area is 152 Å². The number of hydrogen-bond acceptors (Lipinski definition) is 3. The van der Waals surface area contributed by atoms with Crippen LogP contribution in [0.4, 0.5) is 17.1 Å². The minimum absolute atomic E-state index is 0.240. The molecule has 1 aliphatic heterocycles. The zero-order valence-corrected chi connectivity index (χ0v) is 14.6. The number of hydrogen-bond donors (Lipinski definition) is 2. The Kier molecular flexibility index (Phi) is 5.56. The van der Waals surface area contributed by atoms with Crippen LogP contribution < -0.4 is 15.5 Å². The zero-order chi connectivity index (χ0) is 17.6. The second-order valence-corrected chi connectivity index (χ2v) is 6.46. The summed E-state index contributed by atoms with van der Waals surface area (Å²) < 4.78 is 0. The van der Waals surface area contributed by atoms with E-state index in [1.807, 2.05) is 24.3 Å². The summed E-state index contributed by atoms with van der Waals surface area (Å²) in [7, 11) is 0. The number of rotatable bonds is 5. The summed E-state index contributed by atoms with van der Waals surface area (Å²) in [5.74, 6) is -0.714. The van der Waals surface area contributed by atoms with Gasteiger partial charge in [0.05, 0.1) is 0 Å². The standard InChI is InChI=1S/C19H20ClN3O2/c20-14-3-5-15(6-4-14)21-18(24)13-19(25)22-16-7-9-17(10-8-16)23-11-1-2-12-23/h3-10H,1-2,11-13H2,(H,21,24)(H,22,25). The van der Waals surface area contributed by atoms with Gasteiger partial charge in [-0.1, -0.05) is 11.6 Å². The van der Waals surface area contributed by atoms with Gasteiger partial charge in [0, 0.05) is 35.2 Å². The first-order valence-electron chi connectivity index (χ1n) is 8.30. The van der Waals surface area contributed by atoms with Gasteiger partial charge in [-0.05, 0) is 61.4 Å². The van der Waals surface area contributed by atoms with E-state index in [2.05, 4.69) is 15.5 Å². The highest BCUT2D eigenvalue weighted by atomic mass is 35.5. The van der Waals surface area contributed by atoms with Crippen LogP contribution in [0.5, 0.6) is 0 Å². The smallest absolute Gasteiger partial charge is 0.233 e. The third-order valence-electron chi connectivity index (χ3n) is 4.07. The van der Waals surface area contributed by atoms with Crippen LogP contribution in [-0.4, -0.2) is 24.9 Å². The van der Waals surface area contributed by atoms with E-state index in [0.29, 0.717) is 16.4 Å². The van der Waals surface area contributed by atoms with Crippen LogP contribution in [0, 0.1) is 0 Å². The average Bonchev–Trinajstić information content (AvgIpc) is 3.12. The maximum Gasteiger partial charge on any atom is 0.233 e. The third-order valence-corrected chi connectivity index (χ3v) is 4.32. The molecule has 130 valence electrons. The molecule has 25 heavy (non-hydrogen) atoms. The number of halogens is 1. The third kappa shape index (κ3) is 4.97. The lowest BCUT2D eigenvalue weighted by Crippen LogP contribution is -2.21. The molecule has 2 aromatic carbocycles. The molecule has 0 bridgehead atoms. The lowest BCUT2D eigenvalue weighted by Gasteiger charge is -2.17. The van der Waals surface area contributed by atoms with Crippen LogP contribution in [-0.2, 0) is 9.59 Å². The highest BCUT2D eigenvalue weighted by Gasteiger charge is 2.13. The van der Waals surface area contributed by atoms with Gasteiger partial charge < -0.3 is 15.5 Å². The first-order valence-corrected chi connectivity index (χ1v) is 8.68. The molecule has 0 unspecified atom stereocenters. The SMILES string of the molecule is O=C(CC(=O)Nc1ccc(N2CCCC2)cc1)Nc1ccc(Cl)cc1. The summed E-state index contributed by atoms with van der Waals surface area (Å²) in [6.45, 7) is 2.16. The van der Waals surface area contributed by atoms with E-state index in [0.717, 1.165) is 18.8 Å².